The summed E-state index contributed by atoms with van der Waals surface area (Å²) >= 11 is 6.30. The molecule has 0 aromatic carbocycles. The molecule has 90 valence electrons. The highest BCUT2D eigenvalue weighted by Crippen LogP contribution is 2.27. The molecule has 0 spiro atoms. The molecular formula is C11H19ClN4. The van der Waals surface area contributed by atoms with Crippen molar-refractivity contribution in [3.05, 3.63) is 11.9 Å². The van der Waals surface area contributed by atoms with Gasteiger partial charge >= 0.3 is 0 Å². The van der Waals surface area contributed by atoms with Gasteiger partial charge in [0, 0.05) is 25.2 Å². The van der Waals surface area contributed by atoms with E-state index in [0.29, 0.717) is 11.3 Å². The number of hydrogen-bond acceptors (Lipinski definition) is 3. The molecule has 0 amide bonds. The fraction of sp³-hybridized carbons (Fsp3) is 0.818. The third-order valence-corrected chi connectivity index (χ3v) is 3.75. The van der Waals surface area contributed by atoms with Crippen molar-refractivity contribution in [2.45, 2.75) is 37.6 Å². The van der Waals surface area contributed by atoms with Gasteiger partial charge in [-0.1, -0.05) is 18.1 Å². The first kappa shape index (κ1) is 11.9. The molecule has 0 bridgehead atoms. The average molecular weight is 243 g/mol. The summed E-state index contributed by atoms with van der Waals surface area (Å²) in [4.78, 5) is 0. The smallest absolute Gasteiger partial charge is 0.0964 e. The maximum absolute atomic E-state index is 6.30. The van der Waals surface area contributed by atoms with Gasteiger partial charge in [0.1, 0.15) is 0 Å². The maximum atomic E-state index is 6.30. The highest BCUT2D eigenvalue weighted by atomic mass is 35.5. The Morgan fingerprint density at radius 2 is 2.31 bits per heavy atom. The van der Waals surface area contributed by atoms with Crippen molar-refractivity contribution in [1.82, 2.24) is 20.3 Å². The molecule has 1 aliphatic carbocycles. The Hall–Kier alpha value is -0.610. The predicted octanol–water partition coefficient (Wildman–Crippen LogP) is 1.70. The van der Waals surface area contributed by atoms with Gasteiger partial charge in [-0.2, -0.15) is 0 Å². The largest absolute Gasteiger partial charge is 0.311 e. The number of hydrogen-bond donors (Lipinski definition) is 1. The Kier molecular flexibility index (Phi) is 4.18. The van der Waals surface area contributed by atoms with Crippen LogP contribution in [-0.2, 0) is 13.6 Å². The number of aryl methyl sites for hydroxylation is 1. The molecule has 16 heavy (non-hydrogen) atoms. The molecule has 1 aliphatic rings. The summed E-state index contributed by atoms with van der Waals surface area (Å²) in [5.74, 6) is 0.618. The van der Waals surface area contributed by atoms with Crippen LogP contribution in [0.2, 0.25) is 0 Å². The number of rotatable bonds is 4. The molecule has 5 heteroatoms. The lowest BCUT2D eigenvalue weighted by Crippen LogP contribution is -2.30. The van der Waals surface area contributed by atoms with Gasteiger partial charge in [0.05, 0.1) is 5.69 Å². The summed E-state index contributed by atoms with van der Waals surface area (Å²) in [6, 6.07) is 0. The molecule has 1 fully saturated rings. The molecule has 1 N–H and O–H groups in total. The van der Waals surface area contributed by atoms with E-state index >= 15 is 0 Å². The fourth-order valence-electron chi connectivity index (χ4n) is 2.25. The van der Waals surface area contributed by atoms with Crippen LogP contribution in [0, 0.1) is 5.92 Å². The van der Waals surface area contributed by atoms with Crippen LogP contribution in [0.1, 0.15) is 31.4 Å². The molecule has 4 nitrogen and oxygen atoms in total. The van der Waals surface area contributed by atoms with Crippen molar-refractivity contribution >= 4 is 11.6 Å². The Bertz CT molecular complexity index is 326. The molecule has 0 aliphatic heterocycles. The molecule has 2 rings (SSSR count). The van der Waals surface area contributed by atoms with Crippen molar-refractivity contribution in [2.24, 2.45) is 13.0 Å². The number of alkyl halides is 1. The summed E-state index contributed by atoms with van der Waals surface area (Å²) < 4.78 is 1.72. The van der Waals surface area contributed by atoms with Gasteiger partial charge in [0.2, 0.25) is 0 Å². The van der Waals surface area contributed by atoms with E-state index in [-0.39, 0.29) is 0 Å². The predicted molar refractivity (Wildman–Crippen MR) is 64.3 cm³/mol. The molecule has 0 saturated heterocycles. The number of aromatic nitrogens is 3. The lowest BCUT2D eigenvalue weighted by molar-refractivity contribution is 0.348. The first-order valence-corrected chi connectivity index (χ1v) is 6.39. The summed E-state index contributed by atoms with van der Waals surface area (Å²) in [6.07, 6.45) is 6.96. The molecular weight excluding hydrogens is 224 g/mol. The van der Waals surface area contributed by atoms with E-state index in [0.717, 1.165) is 18.8 Å². The van der Waals surface area contributed by atoms with Gasteiger partial charge in [-0.25, -0.2) is 0 Å². The van der Waals surface area contributed by atoms with E-state index in [4.69, 9.17) is 11.6 Å². The van der Waals surface area contributed by atoms with Gasteiger partial charge < -0.3 is 5.32 Å². The number of halogens is 1. The van der Waals surface area contributed by atoms with Gasteiger partial charge in [0.25, 0.3) is 0 Å². The zero-order valence-corrected chi connectivity index (χ0v) is 10.5. The SMILES string of the molecule is Cn1cc(CNCC2CCCCC2Cl)nn1. The Morgan fingerprint density at radius 1 is 1.50 bits per heavy atom. The van der Waals surface area contributed by atoms with Crippen LogP contribution in [-0.4, -0.2) is 26.9 Å². The minimum Gasteiger partial charge on any atom is -0.311 e. The minimum atomic E-state index is 0.350. The van der Waals surface area contributed by atoms with Crippen LogP contribution in [0.4, 0.5) is 0 Å². The Morgan fingerprint density at radius 3 is 3.00 bits per heavy atom. The van der Waals surface area contributed by atoms with Gasteiger partial charge in [-0.05, 0) is 25.3 Å². The Balaban J connectivity index is 1.71. The van der Waals surface area contributed by atoms with E-state index in [1.54, 1.807) is 4.68 Å². The molecule has 1 heterocycles. The summed E-state index contributed by atoms with van der Waals surface area (Å²) in [7, 11) is 1.88. The molecule has 1 saturated carbocycles. The topological polar surface area (TPSA) is 42.7 Å². The summed E-state index contributed by atoms with van der Waals surface area (Å²) in [6.45, 7) is 1.78. The van der Waals surface area contributed by atoms with Crippen LogP contribution in [0.3, 0.4) is 0 Å². The standard InChI is InChI=1S/C11H19ClN4/c1-16-8-10(14-15-16)7-13-6-9-4-2-3-5-11(9)12/h8-9,11,13H,2-7H2,1H3. The van der Waals surface area contributed by atoms with Crippen LogP contribution >= 0.6 is 11.6 Å². The first-order valence-electron chi connectivity index (χ1n) is 5.95. The van der Waals surface area contributed by atoms with Gasteiger partial charge in [-0.3, -0.25) is 4.68 Å². The zero-order valence-electron chi connectivity index (χ0n) is 9.69. The van der Waals surface area contributed by atoms with E-state index in [2.05, 4.69) is 15.6 Å². The van der Waals surface area contributed by atoms with Crippen LogP contribution in [0.5, 0.6) is 0 Å². The summed E-state index contributed by atoms with van der Waals surface area (Å²) in [5.41, 5.74) is 0.990. The molecule has 1 aromatic rings. The average Bonchev–Trinajstić information content (AvgIpc) is 2.67. The van der Waals surface area contributed by atoms with E-state index in [9.17, 15) is 0 Å². The van der Waals surface area contributed by atoms with Crippen molar-refractivity contribution in [3.63, 3.8) is 0 Å². The second kappa shape index (κ2) is 5.64. The first-order chi connectivity index (χ1) is 7.75. The molecule has 0 radical (unpaired) electrons. The lowest BCUT2D eigenvalue weighted by atomic mass is 9.89. The third kappa shape index (κ3) is 3.19. The number of nitrogens with zero attached hydrogens (tertiary/aromatic N) is 3. The van der Waals surface area contributed by atoms with Crippen molar-refractivity contribution in [2.75, 3.05) is 6.54 Å². The molecule has 2 unspecified atom stereocenters. The second-order valence-electron chi connectivity index (χ2n) is 4.57. The van der Waals surface area contributed by atoms with Crippen LogP contribution < -0.4 is 5.32 Å². The van der Waals surface area contributed by atoms with E-state index < -0.39 is 0 Å². The van der Waals surface area contributed by atoms with Crippen LogP contribution in [0.15, 0.2) is 6.20 Å². The second-order valence-corrected chi connectivity index (χ2v) is 5.14. The number of nitrogens with one attached hydrogen (secondary N) is 1. The lowest BCUT2D eigenvalue weighted by Gasteiger charge is -2.27. The molecule has 1 aromatic heterocycles. The maximum Gasteiger partial charge on any atom is 0.0964 e. The van der Waals surface area contributed by atoms with Crippen LogP contribution in [0.25, 0.3) is 0 Å². The van der Waals surface area contributed by atoms with Crippen molar-refractivity contribution < 1.29 is 0 Å². The normalized spacial score (nSPS) is 25.9. The monoisotopic (exact) mass is 242 g/mol. The van der Waals surface area contributed by atoms with E-state index in [1.165, 1.54) is 25.7 Å². The molecule has 2 atom stereocenters. The van der Waals surface area contributed by atoms with E-state index in [1.807, 2.05) is 13.2 Å². The van der Waals surface area contributed by atoms with Gasteiger partial charge in [-0.15, -0.1) is 16.7 Å². The fourth-order valence-corrected chi connectivity index (χ4v) is 2.62. The highest BCUT2D eigenvalue weighted by Gasteiger charge is 2.22. The third-order valence-electron chi connectivity index (χ3n) is 3.18. The van der Waals surface area contributed by atoms with Crippen molar-refractivity contribution in [3.8, 4) is 0 Å². The quantitative estimate of drug-likeness (QED) is 0.818. The van der Waals surface area contributed by atoms with Crippen molar-refractivity contribution in [1.29, 1.82) is 0 Å². The highest BCUT2D eigenvalue weighted by molar-refractivity contribution is 6.20. The Labute approximate surface area is 101 Å². The minimum absolute atomic E-state index is 0.350. The summed E-state index contributed by atoms with van der Waals surface area (Å²) in [5, 5.41) is 11.7. The van der Waals surface area contributed by atoms with Gasteiger partial charge in [0.15, 0.2) is 0 Å². The zero-order chi connectivity index (χ0) is 11.4.